The van der Waals surface area contributed by atoms with Crippen LogP contribution in [0.25, 0.3) is 6.08 Å². The maximum atomic E-state index is 13.2. The van der Waals surface area contributed by atoms with Gasteiger partial charge in [-0.05, 0) is 43.1 Å². The molecular formula is C23H30N2O3. The monoisotopic (exact) mass is 382 g/mol. The van der Waals surface area contributed by atoms with E-state index < -0.39 is 11.9 Å². The number of benzene rings is 1. The number of hydrogen-bond donors (Lipinski definition) is 1. The average molecular weight is 383 g/mol. The predicted molar refractivity (Wildman–Crippen MR) is 109 cm³/mol. The van der Waals surface area contributed by atoms with Gasteiger partial charge in [0.05, 0.1) is 11.8 Å². The van der Waals surface area contributed by atoms with Crippen LogP contribution in [-0.2, 0) is 9.59 Å². The summed E-state index contributed by atoms with van der Waals surface area (Å²) in [7, 11) is 0. The molecule has 3 saturated carbocycles. The Morgan fingerprint density at radius 2 is 1.54 bits per heavy atom. The second-order valence-electron chi connectivity index (χ2n) is 8.50. The van der Waals surface area contributed by atoms with Crippen molar-refractivity contribution in [1.29, 1.82) is 0 Å². The molecule has 4 aliphatic rings. The van der Waals surface area contributed by atoms with E-state index in [1.54, 1.807) is 0 Å². The quantitative estimate of drug-likeness (QED) is 0.851. The van der Waals surface area contributed by atoms with E-state index >= 15 is 0 Å². The molecule has 1 amide bonds. The van der Waals surface area contributed by atoms with E-state index in [0.717, 1.165) is 45.3 Å². The maximum absolute atomic E-state index is 13.2. The summed E-state index contributed by atoms with van der Waals surface area (Å²) >= 11 is 0. The van der Waals surface area contributed by atoms with Crippen LogP contribution in [0, 0.1) is 23.7 Å². The highest BCUT2D eigenvalue weighted by Gasteiger charge is 2.51. The van der Waals surface area contributed by atoms with Gasteiger partial charge in [0, 0.05) is 32.7 Å². The number of piperazine rings is 1. The highest BCUT2D eigenvalue weighted by Crippen LogP contribution is 2.49. The van der Waals surface area contributed by atoms with Gasteiger partial charge in [-0.1, -0.05) is 42.5 Å². The minimum absolute atomic E-state index is 0.0984. The van der Waals surface area contributed by atoms with E-state index in [2.05, 4.69) is 29.2 Å². The Morgan fingerprint density at radius 1 is 0.929 bits per heavy atom. The van der Waals surface area contributed by atoms with E-state index in [1.807, 2.05) is 23.1 Å². The number of nitrogens with zero attached hydrogens (tertiary/aromatic N) is 2. The predicted octanol–water partition coefficient (Wildman–Crippen LogP) is 2.98. The molecule has 1 aliphatic heterocycles. The first-order chi connectivity index (χ1) is 13.6. The Balaban J connectivity index is 1.31. The molecule has 1 heterocycles. The van der Waals surface area contributed by atoms with Gasteiger partial charge < -0.3 is 10.0 Å². The van der Waals surface area contributed by atoms with Crippen LogP contribution in [0.4, 0.5) is 0 Å². The molecule has 5 heteroatoms. The summed E-state index contributed by atoms with van der Waals surface area (Å²) in [4.78, 5) is 29.3. The molecule has 4 fully saturated rings. The third-order valence-corrected chi connectivity index (χ3v) is 6.95. The number of carboxylic acid groups (broad SMARTS) is 1. The number of rotatable bonds is 5. The molecule has 1 aromatic carbocycles. The van der Waals surface area contributed by atoms with Gasteiger partial charge in [0.15, 0.2) is 0 Å². The zero-order valence-corrected chi connectivity index (χ0v) is 16.4. The molecule has 1 aromatic rings. The normalized spacial score (nSPS) is 30.6. The Hall–Kier alpha value is -2.14. The maximum Gasteiger partial charge on any atom is 0.307 e. The largest absolute Gasteiger partial charge is 0.481 e. The van der Waals surface area contributed by atoms with Gasteiger partial charge in [0.1, 0.15) is 0 Å². The van der Waals surface area contributed by atoms with E-state index in [4.69, 9.17) is 0 Å². The Kier molecular flexibility index (Phi) is 5.81. The van der Waals surface area contributed by atoms with E-state index in [9.17, 15) is 14.7 Å². The van der Waals surface area contributed by atoms with Crippen LogP contribution in [0.2, 0.25) is 0 Å². The number of fused-ring (bicyclic) bond motifs is 3. The standard InChI is InChI=1S/C23H30N2O3/c26-22(20-18-8-10-19(11-9-18)21(20)23(27)28)25-15-13-24(14-16-25)12-4-7-17-5-2-1-3-6-17/h1-7,18-21H,8-16H2,(H,27,28). The molecule has 2 atom stereocenters. The van der Waals surface area contributed by atoms with Gasteiger partial charge in [-0.15, -0.1) is 0 Å². The summed E-state index contributed by atoms with van der Waals surface area (Å²) in [5.41, 5.74) is 1.20. The van der Waals surface area contributed by atoms with Crippen molar-refractivity contribution in [2.75, 3.05) is 32.7 Å². The first kappa shape index (κ1) is 19.2. The van der Waals surface area contributed by atoms with Gasteiger partial charge in [-0.2, -0.15) is 0 Å². The Bertz CT molecular complexity index is 717. The second kappa shape index (κ2) is 8.48. The van der Waals surface area contributed by atoms with Crippen LogP contribution in [-0.4, -0.2) is 59.5 Å². The minimum Gasteiger partial charge on any atom is -0.481 e. The number of aliphatic carboxylic acids is 1. The molecular weight excluding hydrogens is 352 g/mol. The topological polar surface area (TPSA) is 60.9 Å². The summed E-state index contributed by atoms with van der Waals surface area (Å²) in [5, 5.41) is 9.72. The molecule has 5 rings (SSSR count). The molecule has 0 aromatic heterocycles. The summed E-state index contributed by atoms with van der Waals surface area (Å²) in [6.07, 6.45) is 8.31. The molecule has 0 spiro atoms. The fraction of sp³-hybridized carbons (Fsp3) is 0.565. The minimum atomic E-state index is -0.766. The fourth-order valence-corrected chi connectivity index (χ4v) is 5.42. The zero-order chi connectivity index (χ0) is 19.5. The van der Waals surface area contributed by atoms with Crippen molar-refractivity contribution in [2.24, 2.45) is 23.7 Å². The number of amides is 1. The van der Waals surface area contributed by atoms with Crippen LogP contribution in [0.1, 0.15) is 31.2 Å². The molecule has 3 aliphatic carbocycles. The number of carbonyl (C=O) groups is 2. The van der Waals surface area contributed by atoms with Gasteiger partial charge in [0.2, 0.25) is 5.91 Å². The average Bonchev–Trinajstić information content (AvgIpc) is 2.74. The number of carboxylic acids is 1. The van der Waals surface area contributed by atoms with Crippen LogP contribution in [0.5, 0.6) is 0 Å². The summed E-state index contributed by atoms with van der Waals surface area (Å²) in [6, 6.07) is 10.3. The van der Waals surface area contributed by atoms with Crippen molar-refractivity contribution in [2.45, 2.75) is 25.7 Å². The molecule has 0 radical (unpaired) electrons. The van der Waals surface area contributed by atoms with E-state index in [1.165, 1.54) is 5.56 Å². The van der Waals surface area contributed by atoms with Crippen molar-refractivity contribution in [1.82, 2.24) is 9.80 Å². The van der Waals surface area contributed by atoms with Gasteiger partial charge in [-0.25, -0.2) is 0 Å². The fourth-order valence-electron chi connectivity index (χ4n) is 5.42. The second-order valence-corrected chi connectivity index (χ2v) is 8.50. The van der Waals surface area contributed by atoms with Crippen LogP contribution < -0.4 is 0 Å². The van der Waals surface area contributed by atoms with Crippen molar-refractivity contribution >= 4 is 18.0 Å². The molecule has 28 heavy (non-hydrogen) atoms. The molecule has 150 valence electrons. The van der Waals surface area contributed by atoms with Crippen molar-refractivity contribution in [3.8, 4) is 0 Å². The lowest BCUT2D eigenvalue weighted by atomic mass is 9.58. The van der Waals surface area contributed by atoms with Crippen LogP contribution in [0.3, 0.4) is 0 Å². The number of carbonyl (C=O) groups excluding carboxylic acids is 1. The molecule has 5 nitrogen and oxygen atoms in total. The number of hydrogen-bond acceptors (Lipinski definition) is 3. The van der Waals surface area contributed by atoms with Gasteiger partial charge in [-0.3, -0.25) is 14.5 Å². The lowest BCUT2D eigenvalue weighted by Gasteiger charge is -2.48. The summed E-state index contributed by atoms with van der Waals surface area (Å²) < 4.78 is 0. The lowest BCUT2D eigenvalue weighted by Crippen LogP contribution is -2.56. The van der Waals surface area contributed by atoms with Crippen LogP contribution in [0.15, 0.2) is 36.4 Å². The van der Waals surface area contributed by atoms with Gasteiger partial charge in [0.25, 0.3) is 0 Å². The van der Waals surface area contributed by atoms with Crippen molar-refractivity contribution < 1.29 is 14.7 Å². The van der Waals surface area contributed by atoms with Gasteiger partial charge >= 0.3 is 5.97 Å². The molecule has 2 unspecified atom stereocenters. The highest BCUT2D eigenvalue weighted by atomic mass is 16.4. The van der Waals surface area contributed by atoms with Crippen LogP contribution >= 0.6 is 0 Å². The van der Waals surface area contributed by atoms with E-state index in [-0.39, 0.29) is 23.7 Å². The van der Waals surface area contributed by atoms with E-state index in [0.29, 0.717) is 13.1 Å². The lowest BCUT2D eigenvalue weighted by molar-refractivity contribution is -0.163. The molecule has 1 saturated heterocycles. The summed E-state index contributed by atoms with van der Waals surface area (Å²) in [5.74, 6) is -0.966. The Labute approximate surface area is 167 Å². The molecule has 2 bridgehead atoms. The Morgan fingerprint density at radius 3 is 2.14 bits per heavy atom. The summed E-state index contributed by atoms with van der Waals surface area (Å²) in [6.45, 7) is 3.99. The zero-order valence-electron chi connectivity index (χ0n) is 16.4. The first-order valence-electron chi connectivity index (χ1n) is 10.6. The highest BCUT2D eigenvalue weighted by molar-refractivity contribution is 5.86. The first-order valence-corrected chi connectivity index (χ1v) is 10.6. The third-order valence-electron chi connectivity index (χ3n) is 6.95. The molecule has 1 N–H and O–H groups in total. The third kappa shape index (κ3) is 4.00. The smallest absolute Gasteiger partial charge is 0.307 e. The van der Waals surface area contributed by atoms with Crippen molar-refractivity contribution in [3.05, 3.63) is 42.0 Å². The SMILES string of the molecule is O=C(O)C1C2CCC(CC2)C1C(=O)N1CCN(CC=Cc2ccccc2)CC1. The van der Waals surface area contributed by atoms with Crippen molar-refractivity contribution in [3.63, 3.8) is 0 Å².